The molecule has 0 atom stereocenters. The first-order valence-corrected chi connectivity index (χ1v) is 7.81. The number of hydrogen-bond acceptors (Lipinski definition) is 2. The molecule has 1 N–H and O–H groups in total. The van der Waals surface area contributed by atoms with Crippen LogP contribution in [0.3, 0.4) is 0 Å². The Kier molecular flexibility index (Phi) is 4.10. The van der Waals surface area contributed by atoms with Gasteiger partial charge in [-0.15, -0.1) is 0 Å². The van der Waals surface area contributed by atoms with Crippen LogP contribution in [0.25, 0.3) is 0 Å². The van der Waals surface area contributed by atoms with Crippen LogP contribution in [0.15, 0.2) is 45.8 Å². The molecular formula is C13H10BrF2NO2S. The summed E-state index contributed by atoms with van der Waals surface area (Å²) in [6, 6.07) is 7.29. The SMILES string of the molecule is Cc1ccc(S(=O)(=O)Nc2ccc(F)cc2F)c(Br)c1. The summed E-state index contributed by atoms with van der Waals surface area (Å²) >= 11 is 3.15. The summed E-state index contributed by atoms with van der Waals surface area (Å²) in [6.45, 7) is 1.81. The van der Waals surface area contributed by atoms with E-state index in [9.17, 15) is 17.2 Å². The van der Waals surface area contributed by atoms with Crippen LogP contribution in [0.2, 0.25) is 0 Å². The third-order valence-electron chi connectivity index (χ3n) is 2.55. The highest BCUT2D eigenvalue weighted by Crippen LogP contribution is 2.26. The molecule has 0 saturated heterocycles. The fourth-order valence-corrected chi connectivity index (χ4v) is 3.86. The largest absolute Gasteiger partial charge is 0.277 e. The molecule has 106 valence electrons. The van der Waals surface area contributed by atoms with Gasteiger partial charge in [-0.2, -0.15) is 0 Å². The summed E-state index contributed by atoms with van der Waals surface area (Å²) in [7, 11) is -3.96. The van der Waals surface area contributed by atoms with Crippen LogP contribution in [0.5, 0.6) is 0 Å². The minimum absolute atomic E-state index is 0.0215. The lowest BCUT2D eigenvalue weighted by Crippen LogP contribution is -2.14. The first-order chi connectivity index (χ1) is 9.29. The molecule has 0 amide bonds. The minimum atomic E-state index is -3.96. The summed E-state index contributed by atoms with van der Waals surface area (Å²) in [5, 5.41) is 0. The Bertz CT molecular complexity index is 763. The molecule has 0 spiro atoms. The monoisotopic (exact) mass is 361 g/mol. The van der Waals surface area contributed by atoms with Gasteiger partial charge < -0.3 is 0 Å². The Balaban J connectivity index is 2.41. The number of sulfonamides is 1. The van der Waals surface area contributed by atoms with Crippen LogP contribution in [-0.4, -0.2) is 8.42 Å². The standard InChI is InChI=1S/C13H10BrF2NO2S/c1-8-2-5-13(10(14)6-8)20(18,19)17-12-4-3-9(15)7-11(12)16/h2-7,17H,1H3. The van der Waals surface area contributed by atoms with Gasteiger partial charge in [-0.25, -0.2) is 17.2 Å². The second-order valence-corrected chi connectivity index (χ2v) is 6.67. The van der Waals surface area contributed by atoms with Gasteiger partial charge in [0.25, 0.3) is 10.0 Å². The summed E-state index contributed by atoms with van der Waals surface area (Å²) in [6.07, 6.45) is 0. The van der Waals surface area contributed by atoms with E-state index >= 15 is 0 Å². The number of halogens is 3. The zero-order chi connectivity index (χ0) is 14.9. The fourth-order valence-electron chi connectivity index (χ4n) is 1.60. The summed E-state index contributed by atoms with van der Waals surface area (Å²) in [5.74, 6) is -1.75. The van der Waals surface area contributed by atoms with Gasteiger partial charge in [0.1, 0.15) is 16.5 Å². The van der Waals surface area contributed by atoms with Gasteiger partial charge in [0.05, 0.1) is 5.69 Å². The van der Waals surface area contributed by atoms with Gasteiger partial charge in [-0.3, -0.25) is 4.72 Å². The minimum Gasteiger partial charge on any atom is -0.277 e. The normalized spacial score (nSPS) is 11.4. The van der Waals surface area contributed by atoms with Crippen molar-refractivity contribution in [3.63, 3.8) is 0 Å². The first-order valence-electron chi connectivity index (χ1n) is 5.53. The van der Waals surface area contributed by atoms with Gasteiger partial charge in [0.15, 0.2) is 0 Å². The van der Waals surface area contributed by atoms with Crippen LogP contribution in [-0.2, 0) is 10.0 Å². The van der Waals surface area contributed by atoms with Crippen LogP contribution >= 0.6 is 15.9 Å². The fraction of sp³-hybridized carbons (Fsp3) is 0.0769. The van der Waals surface area contributed by atoms with Gasteiger partial charge in [-0.1, -0.05) is 6.07 Å². The topological polar surface area (TPSA) is 46.2 Å². The van der Waals surface area contributed by atoms with E-state index in [4.69, 9.17) is 0 Å². The third kappa shape index (κ3) is 3.16. The highest BCUT2D eigenvalue weighted by atomic mass is 79.9. The van der Waals surface area contributed by atoms with E-state index in [0.29, 0.717) is 10.5 Å². The lowest BCUT2D eigenvalue weighted by atomic mass is 10.2. The number of benzene rings is 2. The van der Waals surface area contributed by atoms with E-state index in [1.807, 2.05) is 6.92 Å². The van der Waals surface area contributed by atoms with Crippen molar-refractivity contribution >= 4 is 31.6 Å². The van der Waals surface area contributed by atoms with Crippen molar-refractivity contribution < 1.29 is 17.2 Å². The molecule has 0 fully saturated rings. The number of nitrogens with one attached hydrogen (secondary N) is 1. The molecule has 3 nitrogen and oxygen atoms in total. The maximum Gasteiger partial charge on any atom is 0.263 e. The Hall–Kier alpha value is -1.47. The maximum absolute atomic E-state index is 13.5. The van der Waals surface area contributed by atoms with Gasteiger partial charge in [0.2, 0.25) is 0 Å². The molecule has 0 unspecified atom stereocenters. The molecule has 0 aromatic heterocycles. The maximum atomic E-state index is 13.5. The van der Waals surface area contributed by atoms with Crippen molar-refractivity contribution in [3.05, 3.63) is 58.1 Å². The molecular weight excluding hydrogens is 352 g/mol. The second-order valence-electron chi connectivity index (χ2n) is 4.16. The number of hydrogen-bond donors (Lipinski definition) is 1. The smallest absolute Gasteiger partial charge is 0.263 e. The molecule has 2 rings (SSSR count). The van der Waals surface area contributed by atoms with Crippen molar-refractivity contribution in [2.45, 2.75) is 11.8 Å². The zero-order valence-corrected chi connectivity index (χ0v) is 12.7. The van der Waals surface area contributed by atoms with Crippen LogP contribution in [0.4, 0.5) is 14.5 Å². The van der Waals surface area contributed by atoms with Gasteiger partial charge >= 0.3 is 0 Å². The predicted octanol–water partition coefficient (Wildman–Crippen LogP) is 3.84. The number of rotatable bonds is 3. The Morgan fingerprint density at radius 3 is 2.40 bits per heavy atom. The summed E-state index contributed by atoms with van der Waals surface area (Å²) in [5.41, 5.74) is 0.572. The van der Waals surface area contributed by atoms with E-state index in [2.05, 4.69) is 20.7 Å². The lowest BCUT2D eigenvalue weighted by Gasteiger charge is -2.10. The Morgan fingerprint density at radius 1 is 1.10 bits per heavy atom. The van der Waals surface area contributed by atoms with Crippen molar-refractivity contribution in [2.75, 3.05) is 4.72 Å². The van der Waals surface area contributed by atoms with Crippen molar-refractivity contribution in [1.29, 1.82) is 0 Å². The van der Waals surface area contributed by atoms with E-state index in [-0.39, 0.29) is 10.6 Å². The average Bonchev–Trinajstić information content (AvgIpc) is 2.32. The molecule has 0 aliphatic heterocycles. The Labute approximate surface area is 123 Å². The van der Waals surface area contributed by atoms with Crippen molar-refractivity contribution in [1.82, 2.24) is 0 Å². The van der Waals surface area contributed by atoms with Crippen LogP contribution < -0.4 is 4.72 Å². The summed E-state index contributed by atoms with van der Waals surface area (Å²) < 4.78 is 53.1. The lowest BCUT2D eigenvalue weighted by molar-refractivity contribution is 0.582. The molecule has 0 heterocycles. The van der Waals surface area contributed by atoms with Gasteiger partial charge in [0, 0.05) is 10.5 Å². The Morgan fingerprint density at radius 2 is 1.80 bits per heavy atom. The molecule has 0 aliphatic carbocycles. The van der Waals surface area contributed by atoms with E-state index < -0.39 is 21.7 Å². The number of anilines is 1. The van der Waals surface area contributed by atoms with Crippen LogP contribution in [0.1, 0.15) is 5.56 Å². The predicted molar refractivity (Wildman–Crippen MR) is 76.0 cm³/mol. The van der Waals surface area contributed by atoms with E-state index in [1.165, 1.54) is 6.07 Å². The molecule has 0 saturated carbocycles. The molecule has 20 heavy (non-hydrogen) atoms. The summed E-state index contributed by atoms with van der Waals surface area (Å²) in [4.78, 5) is -0.0215. The highest BCUT2D eigenvalue weighted by molar-refractivity contribution is 9.10. The zero-order valence-electron chi connectivity index (χ0n) is 10.3. The van der Waals surface area contributed by atoms with Crippen molar-refractivity contribution in [2.24, 2.45) is 0 Å². The third-order valence-corrected chi connectivity index (χ3v) is 4.89. The highest BCUT2D eigenvalue weighted by Gasteiger charge is 2.19. The molecule has 2 aromatic carbocycles. The number of aryl methyl sites for hydroxylation is 1. The second kappa shape index (κ2) is 5.49. The molecule has 2 aromatic rings. The molecule has 0 aliphatic rings. The first kappa shape index (κ1) is 14.9. The van der Waals surface area contributed by atoms with E-state index in [1.54, 1.807) is 12.1 Å². The molecule has 7 heteroatoms. The molecule has 0 radical (unpaired) electrons. The van der Waals surface area contributed by atoms with Gasteiger partial charge in [-0.05, 0) is 52.7 Å². The molecule has 0 bridgehead atoms. The average molecular weight is 362 g/mol. The quantitative estimate of drug-likeness (QED) is 0.902. The van der Waals surface area contributed by atoms with Crippen molar-refractivity contribution in [3.8, 4) is 0 Å². The van der Waals surface area contributed by atoms with E-state index in [0.717, 1.165) is 17.7 Å². The van der Waals surface area contributed by atoms with Crippen LogP contribution in [0, 0.1) is 18.6 Å².